The Labute approximate surface area is 160 Å². The number of carbonyl (C=O) groups excluding carboxylic acids is 1. The van der Waals surface area contributed by atoms with Crippen LogP contribution >= 0.6 is 0 Å². The Kier molecular flexibility index (Phi) is 4.73. The smallest absolute Gasteiger partial charge is 0.270 e. The van der Waals surface area contributed by atoms with Crippen LogP contribution in [0.5, 0.6) is 0 Å². The summed E-state index contributed by atoms with van der Waals surface area (Å²) >= 11 is 0. The molecule has 1 aliphatic carbocycles. The summed E-state index contributed by atoms with van der Waals surface area (Å²) in [6.45, 7) is 6.34. The van der Waals surface area contributed by atoms with E-state index in [2.05, 4.69) is 31.3 Å². The molecule has 4 nitrogen and oxygen atoms in total. The van der Waals surface area contributed by atoms with Crippen molar-refractivity contribution in [3.8, 4) is 11.3 Å². The largest absolute Gasteiger partial charge is 0.348 e. The predicted octanol–water partition coefficient (Wildman–Crippen LogP) is 4.93. The zero-order valence-electron chi connectivity index (χ0n) is 16.3. The molecule has 0 bridgehead atoms. The van der Waals surface area contributed by atoms with Crippen molar-refractivity contribution in [2.24, 2.45) is 5.92 Å². The Balaban J connectivity index is 1.79. The van der Waals surface area contributed by atoms with Crippen LogP contribution in [0.3, 0.4) is 0 Å². The number of nitrogens with zero attached hydrogens (tertiary/aromatic N) is 2. The fraction of sp³-hybridized carbons (Fsp3) is 0.391. The third-order valence-corrected chi connectivity index (χ3v) is 5.73. The van der Waals surface area contributed by atoms with E-state index in [1.54, 1.807) is 0 Å². The van der Waals surface area contributed by atoms with Gasteiger partial charge in [-0.2, -0.15) is 0 Å². The number of amides is 1. The Morgan fingerprint density at radius 2 is 1.74 bits per heavy atom. The molecular weight excluding hydrogens is 334 g/mol. The highest BCUT2D eigenvalue weighted by Gasteiger charge is 2.27. The summed E-state index contributed by atoms with van der Waals surface area (Å²) in [5.74, 6) is 0.494. The molecule has 3 aromatic rings. The minimum atomic E-state index is -0.0255. The first-order valence-electron chi connectivity index (χ1n) is 9.89. The third-order valence-electron chi connectivity index (χ3n) is 5.73. The van der Waals surface area contributed by atoms with Crippen LogP contribution in [0.2, 0.25) is 0 Å². The molecule has 1 fully saturated rings. The van der Waals surface area contributed by atoms with Crippen LogP contribution in [0.4, 0.5) is 0 Å². The first-order valence-corrected chi connectivity index (χ1v) is 9.89. The SMILES string of the molecule is Cc1ccc(-c2nc3ccc(C)cn3c2C(=O)NC2CCCCC2C)cc1. The summed E-state index contributed by atoms with van der Waals surface area (Å²) in [6.07, 6.45) is 6.69. The molecule has 1 aromatic carbocycles. The fourth-order valence-electron chi connectivity index (χ4n) is 4.05. The van der Waals surface area contributed by atoms with Crippen LogP contribution < -0.4 is 5.32 Å². The van der Waals surface area contributed by atoms with Crippen LogP contribution in [-0.2, 0) is 0 Å². The van der Waals surface area contributed by atoms with E-state index >= 15 is 0 Å². The van der Waals surface area contributed by atoms with Crippen molar-refractivity contribution in [2.45, 2.75) is 52.5 Å². The fourth-order valence-corrected chi connectivity index (χ4v) is 4.05. The first kappa shape index (κ1) is 17.8. The average Bonchev–Trinajstić information content (AvgIpc) is 3.03. The number of imidazole rings is 1. The predicted molar refractivity (Wildman–Crippen MR) is 109 cm³/mol. The monoisotopic (exact) mass is 361 g/mol. The molecule has 1 aliphatic rings. The maximum atomic E-state index is 13.3. The van der Waals surface area contributed by atoms with Crippen LogP contribution in [0.15, 0.2) is 42.6 Å². The van der Waals surface area contributed by atoms with Gasteiger partial charge in [0.25, 0.3) is 5.91 Å². The van der Waals surface area contributed by atoms with Gasteiger partial charge in [0, 0.05) is 17.8 Å². The lowest BCUT2D eigenvalue weighted by molar-refractivity contribution is 0.0905. The van der Waals surface area contributed by atoms with E-state index in [4.69, 9.17) is 4.98 Å². The minimum absolute atomic E-state index is 0.0255. The van der Waals surface area contributed by atoms with E-state index < -0.39 is 0 Å². The molecule has 27 heavy (non-hydrogen) atoms. The number of fused-ring (bicyclic) bond motifs is 1. The van der Waals surface area contributed by atoms with Gasteiger partial charge >= 0.3 is 0 Å². The molecule has 140 valence electrons. The molecule has 1 amide bonds. The zero-order chi connectivity index (χ0) is 19.0. The van der Waals surface area contributed by atoms with Crippen molar-refractivity contribution in [2.75, 3.05) is 0 Å². The Hall–Kier alpha value is -2.62. The maximum Gasteiger partial charge on any atom is 0.270 e. The van der Waals surface area contributed by atoms with Crippen LogP contribution in [-0.4, -0.2) is 21.3 Å². The molecule has 4 heteroatoms. The average molecular weight is 361 g/mol. The molecule has 0 aliphatic heterocycles. The van der Waals surface area contributed by atoms with Gasteiger partial charge in [-0.25, -0.2) is 4.98 Å². The summed E-state index contributed by atoms with van der Waals surface area (Å²) in [5.41, 5.74) is 5.47. The lowest BCUT2D eigenvalue weighted by Gasteiger charge is -2.29. The van der Waals surface area contributed by atoms with Crippen LogP contribution in [0.25, 0.3) is 16.9 Å². The Morgan fingerprint density at radius 3 is 2.48 bits per heavy atom. The zero-order valence-corrected chi connectivity index (χ0v) is 16.3. The Bertz CT molecular complexity index is 971. The number of aryl methyl sites for hydroxylation is 2. The molecule has 2 heterocycles. The second-order valence-corrected chi connectivity index (χ2v) is 7.95. The standard InChI is InChI=1S/C23H27N3O/c1-15-8-11-18(12-9-15)21-22(26-14-16(2)10-13-20(26)25-21)23(27)24-19-7-5-4-6-17(19)3/h8-14,17,19H,4-7H2,1-3H3,(H,24,27). The summed E-state index contributed by atoms with van der Waals surface area (Å²) in [5, 5.41) is 3.30. The molecular formula is C23H27N3O. The van der Waals surface area contributed by atoms with E-state index in [1.165, 1.54) is 24.8 Å². The summed E-state index contributed by atoms with van der Waals surface area (Å²) in [7, 11) is 0. The van der Waals surface area contributed by atoms with E-state index in [1.807, 2.05) is 41.8 Å². The van der Waals surface area contributed by atoms with Crippen molar-refractivity contribution in [1.82, 2.24) is 14.7 Å². The highest BCUT2D eigenvalue weighted by Crippen LogP contribution is 2.28. The number of pyridine rings is 1. The number of aromatic nitrogens is 2. The second-order valence-electron chi connectivity index (χ2n) is 7.95. The lowest BCUT2D eigenvalue weighted by Crippen LogP contribution is -2.41. The van der Waals surface area contributed by atoms with Crippen LogP contribution in [0.1, 0.15) is 54.2 Å². The number of hydrogen-bond acceptors (Lipinski definition) is 2. The molecule has 0 saturated heterocycles. The topological polar surface area (TPSA) is 46.4 Å². The van der Waals surface area contributed by atoms with Crippen molar-refractivity contribution in [3.63, 3.8) is 0 Å². The molecule has 0 spiro atoms. The van der Waals surface area contributed by atoms with Gasteiger partial charge in [-0.05, 0) is 44.2 Å². The summed E-state index contributed by atoms with van der Waals surface area (Å²) < 4.78 is 1.94. The summed E-state index contributed by atoms with van der Waals surface area (Å²) in [6, 6.07) is 12.5. The normalized spacial score (nSPS) is 20.0. The van der Waals surface area contributed by atoms with E-state index in [0.29, 0.717) is 11.6 Å². The van der Waals surface area contributed by atoms with Gasteiger partial charge in [-0.1, -0.05) is 55.7 Å². The molecule has 2 aromatic heterocycles. The minimum Gasteiger partial charge on any atom is -0.348 e. The molecule has 0 radical (unpaired) electrons. The van der Waals surface area contributed by atoms with Gasteiger partial charge in [-0.3, -0.25) is 9.20 Å². The van der Waals surface area contributed by atoms with Crippen molar-refractivity contribution >= 4 is 11.6 Å². The van der Waals surface area contributed by atoms with Gasteiger partial charge in [0.1, 0.15) is 17.0 Å². The van der Waals surface area contributed by atoms with Gasteiger partial charge < -0.3 is 5.32 Å². The molecule has 1 saturated carbocycles. The molecule has 4 rings (SSSR count). The number of benzene rings is 1. The molecule has 2 atom stereocenters. The van der Waals surface area contributed by atoms with Crippen LogP contribution in [0, 0.1) is 19.8 Å². The van der Waals surface area contributed by atoms with Gasteiger partial charge in [0.2, 0.25) is 0 Å². The maximum absolute atomic E-state index is 13.3. The quantitative estimate of drug-likeness (QED) is 0.719. The lowest BCUT2D eigenvalue weighted by atomic mass is 9.86. The van der Waals surface area contributed by atoms with E-state index in [-0.39, 0.29) is 11.9 Å². The molecule has 1 N–H and O–H groups in total. The van der Waals surface area contributed by atoms with Crippen molar-refractivity contribution in [1.29, 1.82) is 0 Å². The van der Waals surface area contributed by atoms with Gasteiger partial charge in [-0.15, -0.1) is 0 Å². The number of carbonyl (C=O) groups is 1. The number of rotatable bonds is 3. The Morgan fingerprint density at radius 1 is 1.04 bits per heavy atom. The highest BCUT2D eigenvalue weighted by atomic mass is 16.2. The molecule has 2 unspecified atom stereocenters. The van der Waals surface area contributed by atoms with E-state index in [9.17, 15) is 4.79 Å². The van der Waals surface area contributed by atoms with E-state index in [0.717, 1.165) is 28.9 Å². The van der Waals surface area contributed by atoms with Crippen molar-refractivity contribution in [3.05, 3.63) is 59.4 Å². The van der Waals surface area contributed by atoms with Crippen molar-refractivity contribution < 1.29 is 4.79 Å². The summed E-state index contributed by atoms with van der Waals surface area (Å²) in [4.78, 5) is 18.1. The van der Waals surface area contributed by atoms with Gasteiger partial charge in [0.05, 0.1) is 0 Å². The second kappa shape index (κ2) is 7.18. The number of nitrogens with one attached hydrogen (secondary N) is 1. The van der Waals surface area contributed by atoms with Gasteiger partial charge in [0.15, 0.2) is 0 Å². The highest BCUT2D eigenvalue weighted by molar-refractivity contribution is 6.00. The third kappa shape index (κ3) is 3.48. The first-order chi connectivity index (χ1) is 13.0. The number of hydrogen-bond donors (Lipinski definition) is 1.